The lowest BCUT2D eigenvalue weighted by molar-refractivity contribution is -0.118. The van der Waals surface area contributed by atoms with Crippen molar-refractivity contribution in [1.82, 2.24) is 10.6 Å². The van der Waals surface area contributed by atoms with Crippen LogP contribution in [0.25, 0.3) is 0 Å². The van der Waals surface area contributed by atoms with E-state index in [0.717, 1.165) is 11.4 Å². The van der Waals surface area contributed by atoms with Crippen molar-refractivity contribution in [2.75, 3.05) is 11.4 Å². The van der Waals surface area contributed by atoms with Gasteiger partial charge in [-0.2, -0.15) is 0 Å². The summed E-state index contributed by atoms with van der Waals surface area (Å²) in [6, 6.07) is 12.3. The summed E-state index contributed by atoms with van der Waals surface area (Å²) >= 11 is 0. The van der Waals surface area contributed by atoms with Crippen molar-refractivity contribution in [2.45, 2.75) is 31.8 Å². The molecule has 2 N–H and O–H groups in total. The topological polar surface area (TPSA) is 74.6 Å². The first-order valence-electron chi connectivity index (χ1n) is 8.09. The van der Waals surface area contributed by atoms with Crippen LogP contribution in [0, 0.1) is 0 Å². The van der Waals surface area contributed by atoms with Crippen molar-refractivity contribution in [2.24, 2.45) is 0 Å². The molecule has 0 bridgehead atoms. The second-order valence-electron chi connectivity index (χ2n) is 5.97. The third kappa shape index (κ3) is 3.76. The molecule has 1 aliphatic heterocycles. The van der Waals surface area contributed by atoms with Crippen LogP contribution in [0.1, 0.15) is 19.1 Å². The Morgan fingerprint density at radius 3 is 2.79 bits per heavy atom. The molecule has 1 fully saturated rings. The van der Waals surface area contributed by atoms with E-state index in [9.17, 15) is 9.59 Å². The molecular formula is C18H21N3O3. The maximum Gasteiger partial charge on any atom is 0.315 e. The standard InChI is InChI=1S/C18H21N3O3/c1-13(12-15-8-5-11-24-15)19-18(23)20-16-9-10-21(17(16)22)14-6-3-2-4-7-14/h2-8,11,13,16H,9-10,12H2,1H3,(H2,19,20,23)/t13-,16+/m1/s1. The van der Waals surface area contributed by atoms with Crippen LogP contribution in [0.15, 0.2) is 53.1 Å². The molecule has 1 aromatic heterocycles. The van der Waals surface area contributed by atoms with Crippen LogP contribution in [0.2, 0.25) is 0 Å². The fourth-order valence-corrected chi connectivity index (χ4v) is 2.88. The number of benzene rings is 1. The van der Waals surface area contributed by atoms with Crippen molar-refractivity contribution in [3.05, 3.63) is 54.5 Å². The summed E-state index contributed by atoms with van der Waals surface area (Å²) in [6.45, 7) is 2.50. The van der Waals surface area contributed by atoms with Crippen LogP contribution in [0.3, 0.4) is 0 Å². The summed E-state index contributed by atoms with van der Waals surface area (Å²) in [7, 11) is 0. The average molecular weight is 327 g/mol. The third-order valence-electron chi connectivity index (χ3n) is 4.04. The van der Waals surface area contributed by atoms with Gasteiger partial charge < -0.3 is 20.0 Å². The molecule has 2 heterocycles. The van der Waals surface area contributed by atoms with Crippen molar-refractivity contribution in [1.29, 1.82) is 0 Å². The summed E-state index contributed by atoms with van der Waals surface area (Å²) in [4.78, 5) is 26.3. The van der Waals surface area contributed by atoms with E-state index in [1.807, 2.05) is 49.4 Å². The maximum atomic E-state index is 12.5. The number of hydrogen-bond acceptors (Lipinski definition) is 3. The minimum absolute atomic E-state index is 0.0740. The zero-order chi connectivity index (χ0) is 16.9. The van der Waals surface area contributed by atoms with Crippen molar-refractivity contribution in [3.8, 4) is 0 Å². The van der Waals surface area contributed by atoms with Gasteiger partial charge in [0.1, 0.15) is 11.8 Å². The Morgan fingerprint density at radius 1 is 1.29 bits per heavy atom. The smallest absolute Gasteiger partial charge is 0.315 e. The van der Waals surface area contributed by atoms with E-state index in [1.54, 1.807) is 11.2 Å². The SMILES string of the molecule is C[C@H](Cc1ccco1)NC(=O)N[C@H]1CCN(c2ccccc2)C1=O. The highest BCUT2D eigenvalue weighted by atomic mass is 16.3. The Bertz CT molecular complexity index is 685. The van der Waals surface area contributed by atoms with Gasteiger partial charge in [-0.3, -0.25) is 4.79 Å². The number of carbonyl (C=O) groups is 2. The van der Waals surface area contributed by atoms with Gasteiger partial charge in [-0.25, -0.2) is 4.79 Å². The van der Waals surface area contributed by atoms with Gasteiger partial charge in [-0.05, 0) is 37.6 Å². The van der Waals surface area contributed by atoms with Gasteiger partial charge in [-0.1, -0.05) is 18.2 Å². The number of urea groups is 1. The predicted octanol–water partition coefficient (Wildman–Crippen LogP) is 2.32. The fraction of sp³-hybridized carbons (Fsp3) is 0.333. The number of anilines is 1. The molecule has 24 heavy (non-hydrogen) atoms. The summed E-state index contributed by atoms with van der Waals surface area (Å²) in [5.74, 6) is 0.741. The van der Waals surface area contributed by atoms with E-state index in [1.165, 1.54) is 0 Å². The van der Waals surface area contributed by atoms with E-state index in [2.05, 4.69) is 10.6 Å². The lowest BCUT2D eigenvalue weighted by Gasteiger charge is -2.18. The zero-order valence-corrected chi connectivity index (χ0v) is 13.6. The highest BCUT2D eigenvalue weighted by Gasteiger charge is 2.33. The summed E-state index contributed by atoms with van der Waals surface area (Å²) in [5.41, 5.74) is 0.860. The van der Waals surface area contributed by atoms with Gasteiger partial charge in [0.2, 0.25) is 5.91 Å². The number of amides is 3. The monoisotopic (exact) mass is 327 g/mol. The Morgan fingerprint density at radius 2 is 2.08 bits per heavy atom. The Hall–Kier alpha value is -2.76. The largest absolute Gasteiger partial charge is 0.469 e. The number of furan rings is 1. The van der Waals surface area contributed by atoms with Crippen molar-refractivity contribution in [3.63, 3.8) is 0 Å². The first-order valence-corrected chi connectivity index (χ1v) is 8.09. The molecule has 0 aliphatic carbocycles. The van der Waals surface area contributed by atoms with Crippen molar-refractivity contribution >= 4 is 17.6 Å². The van der Waals surface area contributed by atoms with Crippen molar-refractivity contribution < 1.29 is 14.0 Å². The van der Waals surface area contributed by atoms with Crippen LogP contribution in [0.5, 0.6) is 0 Å². The number of nitrogens with zero attached hydrogens (tertiary/aromatic N) is 1. The number of para-hydroxylation sites is 1. The normalized spacial score (nSPS) is 18.5. The molecular weight excluding hydrogens is 306 g/mol. The minimum Gasteiger partial charge on any atom is -0.469 e. The fourth-order valence-electron chi connectivity index (χ4n) is 2.88. The highest BCUT2D eigenvalue weighted by molar-refractivity contribution is 6.01. The van der Waals surface area contributed by atoms with Crippen LogP contribution in [-0.2, 0) is 11.2 Å². The quantitative estimate of drug-likeness (QED) is 0.885. The highest BCUT2D eigenvalue weighted by Crippen LogP contribution is 2.20. The summed E-state index contributed by atoms with van der Waals surface area (Å²) in [6.07, 6.45) is 2.82. The molecule has 0 spiro atoms. The maximum absolute atomic E-state index is 12.5. The molecule has 2 atom stereocenters. The third-order valence-corrected chi connectivity index (χ3v) is 4.04. The molecule has 0 radical (unpaired) electrons. The first-order chi connectivity index (χ1) is 11.6. The van der Waals surface area contributed by atoms with E-state index < -0.39 is 6.04 Å². The van der Waals surface area contributed by atoms with Gasteiger partial charge in [0.15, 0.2) is 0 Å². The number of carbonyl (C=O) groups excluding carboxylic acids is 2. The molecule has 6 heteroatoms. The molecule has 1 aliphatic rings. The number of nitrogens with one attached hydrogen (secondary N) is 2. The zero-order valence-electron chi connectivity index (χ0n) is 13.6. The van der Waals surface area contributed by atoms with E-state index in [4.69, 9.17) is 4.42 Å². The van der Waals surface area contributed by atoms with Gasteiger partial charge >= 0.3 is 6.03 Å². The van der Waals surface area contributed by atoms with E-state index in [0.29, 0.717) is 19.4 Å². The minimum atomic E-state index is -0.485. The van der Waals surface area contributed by atoms with Crippen LogP contribution < -0.4 is 15.5 Å². The molecule has 6 nitrogen and oxygen atoms in total. The number of hydrogen-bond donors (Lipinski definition) is 2. The van der Waals surface area contributed by atoms with Crippen LogP contribution in [0.4, 0.5) is 10.5 Å². The van der Waals surface area contributed by atoms with Gasteiger partial charge in [0.25, 0.3) is 0 Å². The van der Waals surface area contributed by atoms with E-state index in [-0.39, 0.29) is 18.0 Å². The van der Waals surface area contributed by atoms with Gasteiger partial charge in [0, 0.05) is 24.7 Å². The molecule has 0 unspecified atom stereocenters. The first kappa shape index (κ1) is 16.1. The van der Waals surface area contributed by atoms with Crippen LogP contribution >= 0.6 is 0 Å². The van der Waals surface area contributed by atoms with E-state index >= 15 is 0 Å². The van der Waals surface area contributed by atoms with Crippen LogP contribution in [-0.4, -0.2) is 30.6 Å². The lowest BCUT2D eigenvalue weighted by atomic mass is 10.2. The summed E-state index contributed by atoms with van der Waals surface area (Å²) < 4.78 is 5.27. The second-order valence-corrected chi connectivity index (χ2v) is 5.97. The molecule has 126 valence electrons. The average Bonchev–Trinajstić information content (AvgIpc) is 3.19. The second kappa shape index (κ2) is 7.21. The summed E-state index contributed by atoms with van der Waals surface area (Å²) in [5, 5.41) is 5.61. The lowest BCUT2D eigenvalue weighted by Crippen LogP contribution is -2.48. The molecule has 1 aromatic carbocycles. The molecule has 2 aromatic rings. The molecule has 1 saturated heterocycles. The van der Waals surface area contributed by atoms with Gasteiger partial charge in [0.05, 0.1) is 6.26 Å². The van der Waals surface area contributed by atoms with Gasteiger partial charge in [-0.15, -0.1) is 0 Å². The Kier molecular flexibility index (Phi) is 4.84. The molecule has 3 rings (SSSR count). The number of rotatable bonds is 5. The predicted molar refractivity (Wildman–Crippen MR) is 90.7 cm³/mol. The molecule has 0 saturated carbocycles. The molecule has 3 amide bonds. The Labute approximate surface area is 140 Å². The Balaban J connectivity index is 1.51.